The molecular formula is C24H20BrCl2NO. The maximum absolute atomic E-state index is 11.7. The van der Waals surface area contributed by atoms with Crippen molar-refractivity contribution in [3.63, 3.8) is 0 Å². The van der Waals surface area contributed by atoms with Crippen molar-refractivity contribution in [2.24, 2.45) is 0 Å². The molecule has 0 saturated heterocycles. The molecule has 0 aliphatic rings. The lowest BCUT2D eigenvalue weighted by molar-refractivity contribution is 0.979. The Balaban J connectivity index is 0.00000117. The van der Waals surface area contributed by atoms with Crippen LogP contribution in [0.4, 0.5) is 0 Å². The predicted octanol–water partition coefficient (Wildman–Crippen LogP) is 7.80. The van der Waals surface area contributed by atoms with Gasteiger partial charge in [-0.1, -0.05) is 67.4 Å². The molecule has 0 amide bonds. The molecule has 148 valence electrons. The third kappa shape index (κ3) is 4.92. The number of halogens is 3. The SMILES string of the molecule is CC.O=c1cc(Br)c2cc(C(c3ccc(Cl)cc3)c3ccc(Cl)cc3)ccc2[nH]1. The first-order valence-corrected chi connectivity index (χ1v) is 10.9. The van der Waals surface area contributed by atoms with Gasteiger partial charge in [0.15, 0.2) is 0 Å². The zero-order valence-corrected chi connectivity index (χ0v) is 19.1. The molecule has 0 aliphatic carbocycles. The van der Waals surface area contributed by atoms with Crippen LogP contribution in [0, 0.1) is 0 Å². The van der Waals surface area contributed by atoms with Gasteiger partial charge in [-0.3, -0.25) is 4.79 Å². The summed E-state index contributed by atoms with van der Waals surface area (Å²) in [6.07, 6.45) is 0. The first kappa shape index (κ1) is 21.6. The maximum atomic E-state index is 11.7. The van der Waals surface area contributed by atoms with Gasteiger partial charge in [-0.25, -0.2) is 0 Å². The van der Waals surface area contributed by atoms with E-state index in [0.717, 1.165) is 32.1 Å². The first-order valence-electron chi connectivity index (χ1n) is 9.35. The third-order valence-corrected chi connectivity index (χ3v) is 5.72. The van der Waals surface area contributed by atoms with E-state index in [4.69, 9.17) is 23.2 Å². The van der Waals surface area contributed by atoms with E-state index >= 15 is 0 Å². The van der Waals surface area contributed by atoms with E-state index in [0.29, 0.717) is 10.0 Å². The van der Waals surface area contributed by atoms with Crippen molar-refractivity contribution in [3.05, 3.63) is 114 Å². The van der Waals surface area contributed by atoms with Gasteiger partial charge in [0.05, 0.1) is 0 Å². The molecule has 1 aromatic heterocycles. The fourth-order valence-corrected chi connectivity index (χ4v) is 4.09. The molecule has 0 saturated carbocycles. The highest BCUT2D eigenvalue weighted by Crippen LogP contribution is 2.35. The Kier molecular flexibility index (Phi) is 7.18. The summed E-state index contributed by atoms with van der Waals surface area (Å²) in [5, 5.41) is 2.36. The Morgan fingerprint density at radius 1 is 0.759 bits per heavy atom. The summed E-state index contributed by atoms with van der Waals surface area (Å²) in [5.74, 6) is 0.0164. The normalized spacial score (nSPS) is 10.7. The summed E-state index contributed by atoms with van der Waals surface area (Å²) < 4.78 is 0.772. The summed E-state index contributed by atoms with van der Waals surface area (Å²) >= 11 is 15.7. The number of aromatic amines is 1. The molecule has 4 rings (SSSR count). The molecule has 0 fully saturated rings. The van der Waals surface area contributed by atoms with Gasteiger partial charge in [0.2, 0.25) is 5.56 Å². The fourth-order valence-electron chi connectivity index (χ4n) is 3.30. The van der Waals surface area contributed by atoms with Crippen molar-refractivity contribution < 1.29 is 0 Å². The average Bonchev–Trinajstić information content (AvgIpc) is 2.73. The Hall–Kier alpha value is -2.07. The zero-order chi connectivity index (χ0) is 21.0. The van der Waals surface area contributed by atoms with Crippen molar-refractivity contribution in [1.29, 1.82) is 0 Å². The lowest BCUT2D eigenvalue weighted by Gasteiger charge is -2.20. The molecule has 3 aromatic carbocycles. The molecule has 0 radical (unpaired) electrons. The second-order valence-corrected chi connectivity index (χ2v) is 8.05. The van der Waals surface area contributed by atoms with Crippen LogP contribution in [0.15, 0.2) is 82.1 Å². The van der Waals surface area contributed by atoms with E-state index in [1.807, 2.05) is 74.5 Å². The lowest BCUT2D eigenvalue weighted by Crippen LogP contribution is -2.06. The summed E-state index contributed by atoms with van der Waals surface area (Å²) in [6, 6.07) is 23.4. The molecule has 0 unspecified atom stereocenters. The summed E-state index contributed by atoms with van der Waals surface area (Å²) in [6.45, 7) is 4.00. The highest BCUT2D eigenvalue weighted by atomic mass is 79.9. The number of fused-ring (bicyclic) bond motifs is 1. The van der Waals surface area contributed by atoms with Crippen molar-refractivity contribution in [1.82, 2.24) is 4.98 Å². The highest BCUT2D eigenvalue weighted by Gasteiger charge is 2.18. The van der Waals surface area contributed by atoms with Gasteiger partial charge in [-0.2, -0.15) is 0 Å². The number of benzene rings is 3. The van der Waals surface area contributed by atoms with Gasteiger partial charge < -0.3 is 4.98 Å². The molecule has 5 heteroatoms. The van der Waals surface area contributed by atoms with E-state index in [1.165, 1.54) is 0 Å². The Morgan fingerprint density at radius 3 is 1.76 bits per heavy atom. The molecule has 1 heterocycles. The molecule has 2 nitrogen and oxygen atoms in total. The molecular weight excluding hydrogens is 469 g/mol. The number of aromatic nitrogens is 1. The number of hydrogen-bond acceptors (Lipinski definition) is 1. The summed E-state index contributed by atoms with van der Waals surface area (Å²) in [5.41, 5.74) is 4.03. The van der Waals surface area contributed by atoms with Crippen LogP contribution in [-0.4, -0.2) is 4.98 Å². The number of H-pyrrole nitrogens is 1. The second kappa shape index (κ2) is 9.62. The molecule has 0 aliphatic heterocycles. The quantitative estimate of drug-likeness (QED) is 0.293. The van der Waals surface area contributed by atoms with Crippen molar-refractivity contribution in [3.8, 4) is 0 Å². The largest absolute Gasteiger partial charge is 0.322 e. The van der Waals surface area contributed by atoms with Crippen LogP contribution in [-0.2, 0) is 0 Å². The van der Waals surface area contributed by atoms with Crippen LogP contribution in [0.2, 0.25) is 10.0 Å². The lowest BCUT2D eigenvalue weighted by atomic mass is 9.85. The standard InChI is InChI=1S/C22H14BrCl2NO.C2H6/c23-19-12-21(27)26-20-10-5-15(11-18(19)20)22(13-1-6-16(24)7-2-13)14-3-8-17(25)9-4-14;1-2/h1-12,22H,(H,26,27);1-2H3. The zero-order valence-electron chi connectivity index (χ0n) is 16.0. The van der Waals surface area contributed by atoms with Crippen LogP contribution < -0.4 is 5.56 Å². The smallest absolute Gasteiger partial charge is 0.249 e. The van der Waals surface area contributed by atoms with Crippen molar-refractivity contribution in [2.45, 2.75) is 19.8 Å². The van der Waals surface area contributed by atoms with Crippen LogP contribution >= 0.6 is 39.1 Å². The highest BCUT2D eigenvalue weighted by molar-refractivity contribution is 9.10. The number of pyridine rings is 1. The maximum Gasteiger partial charge on any atom is 0.249 e. The van der Waals surface area contributed by atoms with E-state index in [1.54, 1.807) is 6.07 Å². The monoisotopic (exact) mass is 487 g/mol. The van der Waals surface area contributed by atoms with Gasteiger partial charge in [0.25, 0.3) is 0 Å². The summed E-state index contributed by atoms with van der Waals surface area (Å²) in [7, 11) is 0. The number of rotatable bonds is 3. The fraction of sp³-hybridized carbons (Fsp3) is 0.125. The van der Waals surface area contributed by atoms with Gasteiger partial charge in [0, 0.05) is 37.4 Å². The topological polar surface area (TPSA) is 32.9 Å². The van der Waals surface area contributed by atoms with Gasteiger partial charge in [-0.15, -0.1) is 0 Å². The average molecular weight is 489 g/mol. The van der Waals surface area contributed by atoms with Gasteiger partial charge in [-0.05, 0) is 69.0 Å². The molecule has 0 atom stereocenters. The Labute approximate surface area is 188 Å². The molecule has 29 heavy (non-hydrogen) atoms. The van der Waals surface area contributed by atoms with Crippen LogP contribution in [0.25, 0.3) is 10.9 Å². The van der Waals surface area contributed by atoms with Crippen LogP contribution in [0.3, 0.4) is 0 Å². The minimum atomic E-state index is -0.130. The molecule has 0 spiro atoms. The minimum Gasteiger partial charge on any atom is -0.322 e. The first-order chi connectivity index (χ1) is 14.0. The van der Waals surface area contributed by atoms with Crippen molar-refractivity contribution in [2.75, 3.05) is 0 Å². The van der Waals surface area contributed by atoms with Crippen molar-refractivity contribution >= 4 is 50.0 Å². The minimum absolute atomic E-state index is 0.0164. The van der Waals surface area contributed by atoms with Crippen LogP contribution in [0.5, 0.6) is 0 Å². The van der Waals surface area contributed by atoms with Crippen LogP contribution in [0.1, 0.15) is 36.5 Å². The molecule has 1 N–H and O–H groups in total. The Bertz CT molecular complexity index is 1120. The summed E-state index contributed by atoms with van der Waals surface area (Å²) in [4.78, 5) is 14.6. The Morgan fingerprint density at radius 2 is 1.24 bits per heavy atom. The molecule has 4 aromatic rings. The predicted molar refractivity (Wildman–Crippen MR) is 127 cm³/mol. The second-order valence-electron chi connectivity index (χ2n) is 6.32. The number of hydrogen-bond donors (Lipinski definition) is 1. The number of nitrogens with one attached hydrogen (secondary N) is 1. The van der Waals surface area contributed by atoms with E-state index in [2.05, 4.69) is 27.0 Å². The molecule has 0 bridgehead atoms. The van der Waals surface area contributed by atoms with E-state index in [-0.39, 0.29) is 11.5 Å². The van der Waals surface area contributed by atoms with Gasteiger partial charge >= 0.3 is 0 Å². The van der Waals surface area contributed by atoms with E-state index in [9.17, 15) is 4.79 Å². The third-order valence-electron chi connectivity index (χ3n) is 4.56. The van der Waals surface area contributed by atoms with Gasteiger partial charge in [0.1, 0.15) is 0 Å². The van der Waals surface area contributed by atoms with E-state index < -0.39 is 0 Å².